The van der Waals surface area contributed by atoms with Gasteiger partial charge in [-0.05, 0) is 38.0 Å². The summed E-state index contributed by atoms with van der Waals surface area (Å²) < 4.78 is 5.58. The molecule has 1 amide bonds. The van der Waals surface area contributed by atoms with Crippen molar-refractivity contribution in [2.45, 2.75) is 38.8 Å². The van der Waals surface area contributed by atoms with Crippen LogP contribution < -0.4 is 4.74 Å². The van der Waals surface area contributed by atoms with Crippen molar-refractivity contribution < 1.29 is 19.4 Å². The van der Waals surface area contributed by atoms with Crippen molar-refractivity contribution in [2.24, 2.45) is 5.92 Å². The number of likely N-dealkylation sites (tertiary alicyclic amines) is 1. The zero-order chi connectivity index (χ0) is 15.6. The minimum absolute atomic E-state index is 0.0139. The van der Waals surface area contributed by atoms with E-state index in [4.69, 9.17) is 4.74 Å². The Kier molecular flexibility index (Phi) is 4.50. The molecule has 5 heteroatoms. The van der Waals surface area contributed by atoms with Crippen LogP contribution in [0.15, 0.2) is 24.3 Å². The lowest BCUT2D eigenvalue weighted by Gasteiger charge is -2.37. The lowest BCUT2D eigenvalue weighted by atomic mass is 9.84. The third-order valence-corrected chi connectivity index (χ3v) is 3.77. The fourth-order valence-electron chi connectivity index (χ4n) is 2.77. The summed E-state index contributed by atoms with van der Waals surface area (Å²) in [6, 6.07) is 6.90. The predicted molar refractivity (Wildman–Crippen MR) is 78.1 cm³/mol. The van der Waals surface area contributed by atoms with Crippen molar-refractivity contribution in [2.75, 3.05) is 7.05 Å². The molecule has 0 spiro atoms. The van der Waals surface area contributed by atoms with E-state index in [2.05, 4.69) is 0 Å². The number of hydrogen-bond acceptors (Lipinski definition) is 3. The van der Waals surface area contributed by atoms with Crippen LogP contribution in [0.4, 0.5) is 0 Å². The molecule has 1 saturated heterocycles. The minimum Gasteiger partial charge on any atom is -0.491 e. The van der Waals surface area contributed by atoms with E-state index in [1.807, 2.05) is 38.1 Å². The summed E-state index contributed by atoms with van der Waals surface area (Å²) in [6.45, 7) is 3.89. The van der Waals surface area contributed by atoms with E-state index >= 15 is 0 Å². The van der Waals surface area contributed by atoms with Crippen LogP contribution in [0.2, 0.25) is 0 Å². The summed E-state index contributed by atoms with van der Waals surface area (Å²) in [5.41, 5.74) is 0.828. The van der Waals surface area contributed by atoms with Gasteiger partial charge in [-0.3, -0.25) is 9.59 Å². The molecule has 0 aromatic heterocycles. The Morgan fingerprint density at radius 2 is 1.95 bits per heavy atom. The molecule has 1 aliphatic heterocycles. The quantitative estimate of drug-likeness (QED) is 0.925. The molecular weight excluding hydrogens is 270 g/mol. The van der Waals surface area contributed by atoms with Gasteiger partial charge in [-0.1, -0.05) is 12.1 Å². The van der Waals surface area contributed by atoms with E-state index in [0.717, 1.165) is 11.3 Å². The van der Waals surface area contributed by atoms with Crippen molar-refractivity contribution in [1.82, 2.24) is 4.90 Å². The summed E-state index contributed by atoms with van der Waals surface area (Å²) in [4.78, 5) is 24.8. The molecule has 1 aromatic carbocycles. The van der Waals surface area contributed by atoms with Gasteiger partial charge < -0.3 is 14.7 Å². The fraction of sp³-hybridized carbons (Fsp3) is 0.500. The fourth-order valence-corrected chi connectivity index (χ4v) is 2.77. The van der Waals surface area contributed by atoms with Crippen molar-refractivity contribution in [3.05, 3.63) is 29.8 Å². The minimum atomic E-state index is -0.859. The highest BCUT2D eigenvalue weighted by Crippen LogP contribution is 2.36. The van der Waals surface area contributed by atoms with Gasteiger partial charge in [0.05, 0.1) is 18.1 Å². The molecule has 5 nitrogen and oxygen atoms in total. The van der Waals surface area contributed by atoms with Gasteiger partial charge in [-0.2, -0.15) is 0 Å². The Morgan fingerprint density at radius 3 is 2.48 bits per heavy atom. The van der Waals surface area contributed by atoms with Gasteiger partial charge in [0, 0.05) is 13.5 Å². The van der Waals surface area contributed by atoms with E-state index in [9.17, 15) is 14.7 Å². The lowest BCUT2D eigenvalue weighted by molar-refractivity contribution is -0.150. The van der Waals surface area contributed by atoms with Crippen molar-refractivity contribution in [3.63, 3.8) is 0 Å². The first kappa shape index (κ1) is 15.4. The summed E-state index contributed by atoms with van der Waals surface area (Å²) >= 11 is 0. The molecule has 1 N–H and O–H groups in total. The van der Waals surface area contributed by atoms with Crippen molar-refractivity contribution >= 4 is 11.9 Å². The number of carboxylic acid groups (broad SMARTS) is 1. The average Bonchev–Trinajstić information content (AvgIpc) is 2.42. The summed E-state index contributed by atoms with van der Waals surface area (Å²) in [6.07, 6.45) is 0.757. The molecule has 1 aliphatic rings. The Morgan fingerprint density at radius 1 is 1.33 bits per heavy atom. The second-order valence-corrected chi connectivity index (χ2v) is 5.67. The zero-order valence-electron chi connectivity index (χ0n) is 12.6. The number of hydrogen-bond donors (Lipinski definition) is 1. The van der Waals surface area contributed by atoms with E-state index in [1.54, 1.807) is 11.9 Å². The molecule has 114 valence electrons. The van der Waals surface area contributed by atoms with Crippen LogP contribution in [0.5, 0.6) is 5.75 Å². The molecule has 0 saturated carbocycles. The molecular formula is C16H21NO4. The Bertz CT molecular complexity index is 524. The van der Waals surface area contributed by atoms with E-state index in [1.165, 1.54) is 0 Å². The molecule has 2 unspecified atom stereocenters. The molecule has 0 aliphatic carbocycles. The SMILES string of the molecule is CC(C)Oc1ccc(C2C(C(=O)O)CCC(=O)N2C)cc1. The summed E-state index contributed by atoms with van der Waals surface area (Å²) in [5.74, 6) is -0.697. The van der Waals surface area contributed by atoms with Crippen molar-refractivity contribution in [3.8, 4) is 5.75 Å². The number of carbonyl (C=O) groups excluding carboxylic acids is 1. The first-order valence-corrected chi connectivity index (χ1v) is 7.15. The van der Waals surface area contributed by atoms with Crippen LogP contribution in [0, 0.1) is 5.92 Å². The monoisotopic (exact) mass is 291 g/mol. The molecule has 0 radical (unpaired) electrons. The van der Waals surface area contributed by atoms with Gasteiger partial charge in [0.2, 0.25) is 5.91 Å². The average molecular weight is 291 g/mol. The Labute approximate surface area is 124 Å². The molecule has 1 fully saturated rings. The van der Waals surface area contributed by atoms with Crippen molar-refractivity contribution in [1.29, 1.82) is 0 Å². The van der Waals surface area contributed by atoms with Gasteiger partial charge >= 0.3 is 5.97 Å². The third kappa shape index (κ3) is 3.35. The van der Waals surface area contributed by atoms with Gasteiger partial charge in [0.1, 0.15) is 5.75 Å². The topological polar surface area (TPSA) is 66.8 Å². The first-order valence-electron chi connectivity index (χ1n) is 7.15. The molecule has 0 bridgehead atoms. The van der Waals surface area contributed by atoms with E-state index < -0.39 is 17.9 Å². The van der Waals surface area contributed by atoms with E-state index in [-0.39, 0.29) is 12.0 Å². The van der Waals surface area contributed by atoms with E-state index in [0.29, 0.717) is 12.8 Å². The highest BCUT2D eigenvalue weighted by molar-refractivity contribution is 5.81. The highest BCUT2D eigenvalue weighted by atomic mass is 16.5. The van der Waals surface area contributed by atoms with Crippen LogP contribution >= 0.6 is 0 Å². The number of rotatable bonds is 4. The predicted octanol–water partition coefficient (Wildman–Crippen LogP) is 2.47. The van der Waals surface area contributed by atoms with Gasteiger partial charge in [0.15, 0.2) is 0 Å². The Balaban J connectivity index is 2.27. The van der Waals surface area contributed by atoms with Gasteiger partial charge in [0.25, 0.3) is 0 Å². The number of benzene rings is 1. The smallest absolute Gasteiger partial charge is 0.308 e. The molecule has 2 atom stereocenters. The standard InChI is InChI=1S/C16H21NO4/c1-10(2)21-12-6-4-11(5-7-12)15-13(16(19)20)8-9-14(18)17(15)3/h4-7,10,13,15H,8-9H2,1-3H3,(H,19,20). The number of piperidine rings is 1. The molecule has 2 rings (SSSR count). The van der Waals surface area contributed by atoms with Crippen LogP contribution in [-0.4, -0.2) is 35.0 Å². The number of aliphatic carboxylic acids is 1. The number of carboxylic acids is 1. The summed E-state index contributed by atoms with van der Waals surface area (Å²) in [5, 5.41) is 9.38. The maximum Gasteiger partial charge on any atom is 0.308 e. The number of nitrogens with zero attached hydrogens (tertiary/aromatic N) is 1. The third-order valence-electron chi connectivity index (χ3n) is 3.77. The molecule has 1 heterocycles. The first-order chi connectivity index (χ1) is 9.90. The highest BCUT2D eigenvalue weighted by Gasteiger charge is 2.38. The molecule has 21 heavy (non-hydrogen) atoms. The lowest BCUT2D eigenvalue weighted by Crippen LogP contribution is -2.42. The van der Waals surface area contributed by atoms with Crippen LogP contribution in [0.1, 0.15) is 38.3 Å². The normalized spacial score (nSPS) is 22.5. The largest absolute Gasteiger partial charge is 0.491 e. The number of carbonyl (C=O) groups is 2. The van der Waals surface area contributed by atoms with Gasteiger partial charge in [-0.15, -0.1) is 0 Å². The zero-order valence-corrected chi connectivity index (χ0v) is 12.6. The Hall–Kier alpha value is -2.04. The second kappa shape index (κ2) is 6.16. The van der Waals surface area contributed by atoms with Crippen LogP contribution in [0.25, 0.3) is 0 Å². The maximum atomic E-state index is 11.9. The van der Waals surface area contributed by atoms with Crippen LogP contribution in [0.3, 0.4) is 0 Å². The second-order valence-electron chi connectivity index (χ2n) is 5.67. The number of ether oxygens (including phenoxy) is 1. The van der Waals surface area contributed by atoms with Crippen LogP contribution in [-0.2, 0) is 9.59 Å². The number of amides is 1. The maximum absolute atomic E-state index is 11.9. The summed E-state index contributed by atoms with van der Waals surface area (Å²) in [7, 11) is 1.67. The van der Waals surface area contributed by atoms with Gasteiger partial charge in [-0.25, -0.2) is 0 Å². The molecule has 1 aromatic rings.